The largest absolute Gasteiger partial charge is 0.459 e. The van der Waals surface area contributed by atoms with Gasteiger partial charge in [0.05, 0.1) is 6.26 Å². The maximum absolute atomic E-state index is 12.8. The molecule has 0 saturated heterocycles. The molecule has 0 spiro atoms. The van der Waals surface area contributed by atoms with Gasteiger partial charge in [-0.05, 0) is 36.5 Å². The van der Waals surface area contributed by atoms with Crippen molar-refractivity contribution in [2.45, 2.75) is 25.3 Å². The van der Waals surface area contributed by atoms with Crippen molar-refractivity contribution in [2.75, 3.05) is 13.6 Å². The van der Waals surface area contributed by atoms with E-state index in [1.165, 1.54) is 19.1 Å². The van der Waals surface area contributed by atoms with Crippen LogP contribution >= 0.6 is 0 Å². The van der Waals surface area contributed by atoms with Crippen molar-refractivity contribution in [1.82, 2.24) is 10.2 Å². The summed E-state index contributed by atoms with van der Waals surface area (Å²) in [5, 5.41) is 2.82. The van der Waals surface area contributed by atoms with E-state index in [-0.39, 0.29) is 17.6 Å². The second-order valence-electron chi connectivity index (χ2n) is 6.36. The van der Waals surface area contributed by atoms with Crippen molar-refractivity contribution in [3.05, 3.63) is 60.1 Å². The van der Waals surface area contributed by atoms with Gasteiger partial charge in [-0.1, -0.05) is 30.3 Å². The van der Waals surface area contributed by atoms with Crippen molar-refractivity contribution in [3.8, 4) is 0 Å². The van der Waals surface area contributed by atoms with E-state index >= 15 is 0 Å². The number of nitrogens with one attached hydrogen (secondary N) is 1. The van der Waals surface area contributed by atoms with Gasteiger partial charge in [0.15, 0.2) is 5.76 Å². The maximum Gasteiger partial charge on any atom is 0.287 e. The number of furan rings is 1. The molecule has 1 atom stereocenters. The summed E-state index contributed by atoms with van der Waals surface area (Å²) in [5.74, 6) is 0.391. The Morgan fingerprint density at radius 2 is 1.96 bits per heavy atom. The number of hydrogen-bond acceptors (Lipinski definition) is 3. The second kappa shape index (κ2) is 7.34. The van der Waals surface area contributed by atoms with Crippen LogP contribution in [0.25, 0.3) is 0 Å². The van der Waals surface area contributed by atoms with Crippen LogP contribution in [0.4, 0.5) is 0 Å². The molecule has 5 heteroatoms. The third kappa shape index (κ3) is 4.25. The van der Waals surface area contributed by atoms with Gasteiger partial charge in [0.1, 0.15) is 6.04 Å². The molecule has 1 saturated carbocycles. The van der Waals surface area contributed by atoms with Gasteiger partial charge in [0.2, 0.25) is 5.91 Å². The monoisotopic (exact) mass is 326 g/mol. The summed E-state index contributed by atoms with van der Waals surface area (Å²) < 4.78 is 5.12. The Balaban J connectivity index is 1.71. The Hall–Kier alpha value is -2.56. The first kappa shape index (κ1) is 16.3. The first-order valence-electron chi connectivity index (χ1n) is 8.27. The van der Waals surface area contributed by atoms with Crippen LogP contribution in [0.5, 0.6) is 0 Å². The van der Waals surface area contributed by atoms with Crippen LogP contribution in [0.1, 0.15) is 29.0 Å². The van der Waals surface area contributed by atoms with Gasteiger partial charge in [-0.25, -0.2) is 0 Å². The topological polar surface area (TPSA) is 62.6 Å². The zero-order valence-corrected chi connectivity index (χ0v) is 13.8. The zero-order chi connectivity index (χ0) is 16.9. The van der Waals surface area contributed by atoms with E-state index in [2.05, 4.69) is 5.32 Å². The van der Waals surface area contributed by atoms with Crippen molar-refractivity contribution in [3.63, 3.8) is 0 Å². The molecule has 0 aliphatic heterocycles. The molecule has 3 rings (SSSR count). The molecule has 5 nitrogen and oxygen atoms in total. The number of carbonyl (C=O) groups excluding carboxylic acids is 2. The standard InChI is InChI=1S/C19H22N2O3/c1-21(13-15-9-10-15)19(23)16(12-14-6-3-2-4-7-14)20-18(22)17-8-5-11-24-17/h2-8,11,15-16H,9-10,12-13H2,1H3,(H,20,22)/t16-/m1/s1. The first-order valence-corrected chi connectivity index (χ1v) is 8.27. The minimum Gasteiger partial charge on any atom is -0.459 e. The number of rotatable bonds is 7. The van der Waals surface area contributed by atoms with Crippen molar-refractivity contribution in [2.24, 2.45) is 5.92 Å². The third-order valence-electron chi connectivity index (χ3n) is 4.24. The summed E-state index contributed by atoms with van der Waals surface area (Å²) in [7, 11) is 1.80. The van der Waals surface area contributed by atoms with Crippen LogP contribution in [0, 0.1) is 5.92 Å². The van der Waals surface area contributed by atoms with E-state index in [4.69, 9.17) is 4.42 Å². The molecule has 2 aromatic rings. The van der Waals surface area contributed by atoms with Gasteiger partial charge >= 0.3 is 0 Å². The van der Waals surface area contributed by atoms with E-state index in [9.17, 15) is 9.59 Å². The van der Waals surface area contributed by atoms with Crippen LogP contribution in [0.15, 0.2) is 53.1 Å². The first-order chi connectivity index (χ1) is 11.6. The van der Waals surface area contributed by atoms with E-state index in [1.54, 1.807) is 24.1 Å². The lowest BCUT2D eigenvalue weighted by Gasteiger charge is -2.24. The summed E-state index contributed by atoms with van der Waals surface area (Å²) in [6.45, 7) is 0.751. The van der Waals surface area contributed by atoms with Gasteiger partial charge < -0.3 is 14.6 Å². The molecule has 1 aliphatic carbocycles. The number of hydrogen-bond donors (Lipinski definition) is 1. The summed E-state index contributed by atoms with van der Waals surface area (Å²) in [6, 6.07) is 12.4. The maximum atomic E-state index is 12.8. The number of carbonyl (C=O) groups is 2. The van der Waals surface area contributed by atoms with Crippen LogP contribution < -0.4 is 5.32 Å². The van der Waals surface area contributed by atoms with Crippen LogP contribution in [-0.4, -0.2) is 36.3 Å². The van der Waals surface area contributed by atoms with E-state index < -0.39 is 6.04 Å². The SMILES string of the molecule is CN(CC1CC1)C(=O)[C@@H](Cc1ccccc1)NC(=O)c1ccco1. The molecule has 1 aliphatic rings. The smallest absolute Gasteiger partial charge is 0.287 e. The van der Waals surface area contributed by atoms with Crippen LogP contribution in [-0.2, 0) is 11.2 Å². The summed E-state index contributed by atoms with van der Waals surface area (Å²) in [4.78, 5) is 26.8. The average Bonchev–Trinajstić information content (AvgIpc) is 3.23. The normalized spacial score (nSPS) is 14.9. The van der Waals surface area contributed by atoms with Gasteiger partial charge in [-0.2, -0.15) is 0 Å². The number of nitrogens with zero attached hydrogens (tertiary/aromatic N) is 1. The molecule has 0 radical (unpaired) electrons. The summed E-state index contributed by atoms with van der Waals surface area (Å²) in [6.07, 6.45) is 4.27. The highest BCUT2D eigenvalue weighted by atomic mass is 16.3. The molecule has 2 amide bonds. The van der Waals surface area contributed by atoms with Crippen LogP contribution in [0.2, 0.25) is 0 Å². The highest BCUT2D eigenvalue weighted by molar-refractivity contribution is 5.95. The van der Waals surface area contributed by atoms with Gasteiger partial charge in [-0.3, -0.25) is 9.59 Å². The molecule has 1 fully saturated rings. The molecule has 24 heavy (non-hydrogen) atoms. The van der Waals surface area contributed by atoms with Gasteiger partial charge in [-0.15, -0.1) is 0 Å². The zero-order valence-electron chi connectivity index (χ0n) is 13.8. The fourth-order valence-corrected chi connectivity index (χ4v) is 2.73. The Morgan fingerprint density at radius 3 is 2.58 bits per heavy atom. The third-order valence-corrected chi connectivity index (χ3v) is 4.24. The highest BCUT2D eigenvalue weighted by Gasteiger charge is 2.29. The van der Waals surface area contributed by atoms with Crippen molar-refractivity contribution < 1.29 is 14.0 Å². The molecule has 1 aromatic carbocycles. The molecular formula is C19H22N2O3. The molecule has 1 N–H and O–H groups in total. The average molecular weight is 326 g/mol. The Labute approximate surface area is 141 Å². The predicted octanol–water partition coefficient (Wildman–Crippen LogP) is 2.49. The number of benzene rings is 1. The summed E-state index contributed by atoms with van der Waals surface area (Å²) in [5.41, 5.74) is 1.01. The highest BCUT2D eigenvalue weighted by Crippen LogP contribution is 2.29. The predicted molar refractivity (Wildman–Crippen MR) is 90.5 cm³/mol. The Morgan fingerprint density at radius 1 is 1.21 bits per heavy atom. The quantitative estimate of drug-likeness (QED) is 0.850. The van der Waals surface area contributed by atoms with E-state index in [0.717, 1.165) is 12.1 Å². The molecule has 0 unspecified atom stereocenters. The molecule has 1 aromatic heterocycles. The molecule has 0 bridgehead atoms. The summed E-state index contributed by atoms with van der Waals surface area (Å²) >= 11 is 0. The lowest BCUT2D eigenvalue weighted by molar-refractivity contribution is -0.132. The number of likely N-dealkylation sites (N-methyl/N-ethyl adjacent to an activating group) is 1. The molecule has 1 heterocycles. The Kier molecular flexibility index (Phi) is 4.99. The number of amides is 2. The minimum atomic E-state index is -0.603. The lowest BCUT2D eigenvalue weighted by Crippen LogP contribution is -2.49. The van der Waals surface area contributed by atoms with Gasteiger partial charge in [0, 0.05) is 20.0 Å². The van der Waals surface area contributed by atoms with Crippen molar-refractivity contribution in [1.29, 1.82) is 0 Å². The fraction of sp³-hybridized carbons (Fsp3) is 0.368. The second-order valence-corrected chi connectivity index (χ2v) is 6.36. The van der Waals surface area contributed by atoms with Crippen LogP contribution in [0.3, 0.4) is 0 Å². The molecular weight excluding hydrogens is 304 g/mol. The molecule has 126 valence electrons. The van der Waals surface area contributed by atoms with E-state index in [1.807, 2.05) is 30.3 Å². The van der Waals surface area contributed by atoms with Gasteiger partial charge in [0.25, 0.3) is 5.91 Å². The minimum absolute atomic E-state index is 0.0642. The fourth-order valence-electron chi connectivity index (χ4n) is 2.73. The Bertz CT molecular complexity index is 678. The van der Waals surface area contributed by atoms with Crippen molar-refractivity contribution >= 4 is 11.8 Å². The van der Waals surface area contributed by atoms with E-state index in [0.29, 0.717) is 12.3 Å². The lowest BCUT2D eigenvalue weighted by atomic mass is 10.0.